The van der Waals surface area contributed by atoms with Crippen molar-refractivity contribution in [3.63, 3.8) is 0 Å². The summed E-state index contributed by atoms with van der Waals surface area (Å²) in [6.07, 6.45) is 2.69. The normalized spacial score (nSPS) is 18.6. The van der Waals surface area contributed by atoms with Crippen molar-refractivity contribution in [1.29, 1.82) is 0 Å². The number of rotatable bonds is 8. The summed E-state index contributed by atoms with van der Waals surface area (Å²) < 4.78 is 13.4. The van der Waals surface area contributed by atoms with Crippen LogP contribution in [0.2, 0.25) is 0 Å². The number of benzene rings is 1. The maximum Gasteiger partial charge on any atom is 0.263 e. The average Bonchev–Trinajstić information content (AvgIpc) is 3.35. The fourth-order valence-corrected chi connectivity index (χ4v) is 4.36. The summed E-state index contributed by atoms with van der Waals surface area (Å²) in [4.78, 5) is 27.0. The van der Waals surface area contributed by atoms with Gasteiger partial charge < -0.3 is 10.2 Å². The summed E-state index contributed by atoms with van der Waals surface area (Å²) >= 11 is 1.41. The number of halogens is 1. The molecule has 1 aliphatic rings. The van der Waals surface area contributed by atoms with E-state index in [0.29, 0.717) is 18.0 Å². The first-order valence-electron chi connectivity index (χ1n) is 9.77. The minimum absolute atomic E-state index is 0.000724. The van der Waals surface area contributed by atoms with Gasteiger partial charge in [-0.15, -0.1) is 11.3 Å². The molecule has 2 unspecified atom stereocenters. The number of carbonyl (C=O) groups is 2. The van der Waals surface area contributed by atoms with Crippen LogP contribution < -0.4 is 16.2 Å². The maximum absolute atomic E-state index is 13.4. The lowest BCUT2D eigenvalue weighted by Crippen LogP contribution is -2.32. The van der Waals surface area contributed by atoms with Crippen LogP contribution in [0.1, 0.15) is 52.3 Å². The molecule has 1 aliphatic heterocycles. The van der Waals surface area contributed by atoms with Gasteiger partial charge in [0, 0.05) is 37.5 Å². The Labute approximate surface area is 174 Å². The molecule has 2 atom stereocenters. The van der Waals surface area contributed by atoms with Crippen molar-refractivity contribution in [2.24, 2.45) is 0 Å². The van der Waals surface area contributed by atoms with Crippen molar-refractivity contribution < 1.29 is 14.0 Å². The van der Waals surface area contributed by atoms with E-state index in [2.05, 4.69) is 16.2 Å². The van der Waals surface area contributed by atoms with E-state index in [-0.39, 0.29) is 29.7 Å². The van der Waals surface area contributed by atoms with Crippen LogP contribution in [-0.4, -0.2) is 36.3 Å². The van der Waals surface area contributed by atoms with Gasteiger partial charge in [0.05, 0.1) is 11.4 Å². The lowest BCUT2D eigenvalue weighted by atomic mass is 9.99. The van der Waals surface area contributed by atoms with E-state index in [0.717, 1.165) is 29.7 Å². The highest BCUT2D eigenvalue weighted by atomic mass is 32.1. The molecular formula is C21H27FN4O2S. The highest BCUT2D eigenvalue weighted by Gasteiger charge is 2.25. The molecule has 0 bridgehead atoms. The zero-order chi connectivity index (χ0) is 20.8. The molecule has 3 N–H and O–H groups in total. The van der Waals surface area contributed by atoms with Crippen molar-refractivity contribution in [3.05, 3.63) is 57.5 Å². The molecular weight excluding hydrogens is 391 g/mol. The first-order chi connectivity index (χ1) is 13.9. The number of nitrogens with one attached hydrogen (secondary N) is 3. The Bertz CT molecular complexity index is 857. The van der Waals surface area contributed by atoms with E-state index in [1.165, 1.54) is 24.3 Å². The lowest BCUT2D eigenvalue weighted by molar-refractivity contribution is -0.119. The van der Waals surface area contributed by atoms with Gasteiger partial charge in [0.1, 0.15) is 5.82 Å². The van der Waals surface area contributed by atoms with Crippen LogP contribution in [0.4, 0.5) is 4.39 Å². The molecule has 8 heteroatoms. The van der Waals surface area contributed by atoms with Crippen LogP contribution >= 0.6 is 11.3 Å². The average molecular weight is 419 g/mol. The van der Waals surface area contributed by atoms with Gasteiger partial charge in [0.2, 0.25) is 5.91 Å². The van der Waals surface area contributed by atoms with E-state index < -0.39 is 0 Å². The zero-order valence-electron chi connectivity index (χ0n) is 16.7. The predicted molar refractivity (Wildman–Crippen MR) is 112 cm³/mol. The molecule has 1 aromatic carbocycles. The molecule has 1 fully saturated rings. The van der Waals surface area contributed by atoms with Crippen molar-refractivity contribution in [3.8, 4) is 0 Å². The third kappa shape index (κ3) is 6.09. The van der Waals surface area contributed by atoms with Crippen LogP contribution in [0.15, 0.2) is 36.4 Å². The van der Waals surface area contributed by atoms with Crippen molar-refractivity contribution >= 4 is 23.2 Å². The van der Waals surface area contributed by atoms with E-state index >= 15 is 0 Å². The van der Waals surface area contributed by atoms with Crippen LogP contribution in [0.5, 0.6) is 0 Å². The molecule has 0 aliphatic carbocycles. The third-order valence-corrected chi connectivity index (χ3v) is 6.08. The predicted octanol–water partition coefficient (Wildman–Crippen LogP) is 2.98. The number of hydrogen-bond acceptors (Lipinski definition) is 5. The second kappa shape index (κ2) is 9.96. The highest BCUT2D eigenvalue weighted by molar-refractivity contribution is 7.14. The summed E-state index contributed by atoms with van der Waals surface area (Å²) in [5.41, 5.74) is 7.46. The molecule has 1 aromatic heterocycles. The fourth-order valence-electron chi connectivity index (χ4n) is 3.42. The van der Waals surface area contributed by atoms with Crippen LogP contribution in [0.25, 0.3) is 0 Å². The smallest absolute Gasteiger partial charge is 0.263 e. The molecule has 0 spiro atoms. The van der Waals surface area contributed by atoms with Crippen molar-refractivity contribution in [1.82, 2.24) is 21.1 Å². The van der Waals surface area contributed by atoms with Gasteiger partial charge in [0.15, 0.2) is 0 Å². The Morgan fingerprint density at radius 2 is 2.10 bits per heavy atom. The van der Waals surface area contributed by atoms with Gasteiger partial charge in [-0.25, -0.2) is 4.39 Å². The van der Waals surface area contributed by atoms with Crippen LogP contribution in [0.3, 0.4) is 0 Å². The molecule has 2 heterocycles. The van der Waals surface area contributed by atoms with E-state index in [9.17, 15) is 14.0 Å². The molecule has 156 valence electrons. The maximum atomic E-state index is 13.4. The Balaban J connectivity index is 1.41. The summed E-state index contributed by atoms with van der Waals surface area (Å²) in [6.45, 7) is 2.59. The number of nitrogens with zero attached hydrogens (tertiary/aromatic N) is 1. The topological polar surface area (TPSA) is 73.5 Å². The Hall–Kier alpha value is -2.29. The number of thiophene rings is 1. The zero-order valence-corrected chi connectivity index (χ0v) is 17.5. The molecule has 2 amide bonds. The highest BCUT2D eigenvalue weighted by Crippen LogP contribution is 2.25. The molecule has 1 saturated heterocycles. The number of hydrazine groups is 1. The lowest BCUT2D eigenvalue weighted by Gasteiger charge is -2.17. The first-order valence-corrected chi connectivity index (χ1v) is 10.6. The van der Waals surface area contributed by atoms with E-state index in [4.69, 9.17) is 0 Å². The minimum atomic E-state index is -0.221. The number of carbonyl (C=O) groups excluding carboxylic acids is 2. The minimum Gasteiger partial charge on any atom is -0.351 e. The largest absolute Gasteiger partial charge is 0.351 e. The Kier molecular flexibility index (Phi) is 7.35. The van der Waals surface area contributed by atoms with Crippen LogP contribution in [-0.2, 0) is 11.3 Å². The standard InChI is InChI=1S/C21H27FN4O2S/c1-14(27)23-13-18-8-9-20(29-18)21(28)26(2)10-4-7-17-12-19(25-24-17)15-5-3-6-16(22)11-15/h3,5-6,8-9,11,17,19,24-25H,4,7,10,12-13H2,1-2H3,(H,23,27). The van der Waals surface area contributed by atoms with Gasteiger partial charge in [0.25, 0.3) is 5.91 Å². The molecule has 29 heavy (non-hydrogen) atoms. The number of hydrogen-bond donors (Lipinski definition) is 3. The van der Waals surface area contributed by atoms with Gasteiger partial charge in [-0.2, -0.15) is 0 Å². The van der Waals surface area contributed by atoms with Gasteiger partial charge in [-0.3, -0.25) is 20.4 Å². The Morgan fingerprint density at radius 3 is 2.86 bits per heavy atom. The van der Waals surface area contributed by atoms with Gasteiger partial charge in [-0.1, -0.05) is 12.1 Å². The van der Waals surface area contributed by atoms with Crippen LogP contribution in [0, 0.1) is 5.82 Å². The number of amides is 2. The fraction of sp³-hybridized carbons (Fsp3) is 0.429. The second-order valence-electron chi connectivity index (χ2n) is 7.37. The van der Waals surface area contributed by atoms with E-state index in [1.54, 1.807) is 17.0 Å². The monoisotopic (exact) mass is 418 g/mol. The Morgan fingerprint density at radius 1 is 1.28 bits per heavy atom. The van der Waals surface area contributed by atoms with E-state index in [1.807, 2.05) is 25.2 Å². The first kappa shape index (κ1) is 21.4. The SMILES string of the molecule is CC(=O)NCc1ccc(C(=O)N(C)CCCC2CC(c3cccc(F)c3)NN2)s1. The molecule has 0 saturated carbocycles. The quantitative estimate of drug-likeness (QED) is 0.616. The molecule has 6 nitrogen and oxygen atoms in total. The van der Waals surface area contributed by atoms with Gasteiger partial charge >= 0.3 is 0 Å². The second-order valence-corrected chi connectivity index (χ2v) is 8.54. The molecule has 0 radical (unpaired) electrons. The van der Waals surface area contributed by atoms with Crippen molar-refractivity contribution in [2.45, 2.75) is 44.8 Å². The summed E-state index contributed by atoms with van der Waals surface area (Å²) in [5.74, 6) is -0.307. The summed E-state index contributed by atoms with van der Waals surface area (Å²) in [5, 5.41) is 2.74. The third-order valence-electron chi connectivity index (χ3n) is 5.01. The molecule has 2 aromatic rings. The van der Waals surface area contributed by atoms with Gasteiger partial charge in [-0.05, 0) is 49.1 Å². The summed E-state index contributed by atoms with van der Waals surface area (Å²) in [7, 11) is 1.81. The van der Waals surface area contributed by atoms with Crippen molar-refractivity contribution in [2.75, 3.05) is 13.6 Å². The molecule has 3 rings (SSSR count). The summed E-state index contributed by atoms with van der Waals surface area (Å²) in [6, 6.07) is 10.8.